The van der Waals surface area contributed by atoms with Gasteiger partial charge in [0.2, 0.25) is 0 Å². The first-order valence-electron chi connectivity index (χ1n) is 3.28. The molecular weight excluding hydrogens is 152 g/mol. The molecule has 0 unspecified atom stereocenters. The van der Waals surface area contributed by atoms with Gasteiger partial charge in [0.1, 0.15) is 24.9 Å². The Hall–Kier alpha value is -0.490. The predicted molar refractivity (Wildman–Crippen MR) is 33.8 cm³/mol. The quantitative estimate of drug-likeness (QED) is 0.402. The molecule has 0 saturated carbocycles. The van der Waals surface area contributed by atoms with Gasteiger partial charge in [0.15, 0.2) is 5.78 Å². The molecule has 1 aliphatic rings. The first-order valence-corrected chi connectivity index (χ1v) is 3.28. The van der Waals surface area contributed by atoms with E-state index in [1.807, 2.05) is 0 Å². The van der Waals surface area contributed by atoms with Crippen molar-refractivity contribution in [2.24, 2.45) is 0 Å². The fourth-order valence-electron chi connectivity index (χ4n) is 0.928. The molecule has 0 aromatic rings. The normalized spacial score (nSPS) is 39.2. The van der Waals surface area contributed by atoms with Crippen molar-refractivity contribution in [2.75, 3.05) is 13.2 Å². The van der Waals surface area contributed by atoms with E-state index in [4.69, 9.17) is 20.1 Å². The van der Waals surface area contributed by atoms with Crippen molar-refractivity contribution in [2.45, 2.75) is 18.3 Å². The summed E-state index contributed by atoms with van der Waals surface area (Å²) in [6.45, 7) is -0.644. The van der Waals surface area contributed by atoms with Gasteiger partial charge in [-0.05, 0) is 0 Å². The molecule has 0 bridgehead atoms. The van der Waals surface area contributed by atoms with Crippen molar-refractivity contribution in [1.82, 2.24) is 0 Å². The zero-order valence-corrected chi connectivity index (χ0v) is 5.80. The van der Waals surface area contributed by atoms with Crippen LogP contribution in [0, 0.1) is 0 Å². The maximum atomic E-state index is 10.6. The summed E-state index contributed by atoms with van der Waals surface area (Å²) in [5.41, 5.74) is 0. The van der Waals surface area contributed by atoms with E-state index >= 15 is 0 Å². The summed E-state index contributed by atoms with van der Waals surface area (Å²) in [6.07, 6.45) is -3.56. The molecule has 11 heavy (non-hydrogen) atoms. The number of aliphatic hydroxyl groups is 3. The van der Waals surface area contributed by atoms with Gasteiger partial charge in [0.25, 0.3) is 0 Å². The monoisotopic (exact) mass is 162 g/mol. The Morgan fingerprint density at radius 1 is 1.55 bits per heavy atom. The lowest BCUT2D eigenvalue weighted by Gasteiger charge is -2.29. The largest absolute Gasteiger partial charge is 0.394 e. The number of carbonyl (C=O) groups is 1. The second-order valence-corrected chi connectivity index (χ2v) is 2.43. The van der Waals surface area contributed by atoms with E-state index in [9.17, 15) is 4.79 Å². The van der Waals surface area contributed by atoms with Crippen molar-refractivity contribution in [1.29, 1.82) is 0 Å². The van der Waals surface area contributed by atoms with E-state index in [1.165, 1.54) is 0 Å². The fraction of sp³-hybridized carbons (Fsp3) is 0.833. The van der Waals surface area contributed by atoms with Gasteiger partial charge in [-0.3, -0.25) is 4.79 Å². The van der Waals surface area contributed by atoms with Crippen molar-refractivity contribution in [3.05, 3.63) is 0 Å². The van der Waals surface area contributed by atoms with Crippen LogP contribution in [-0.2, 0) is 9.53 Å². The van der Waals surface area contributed by atoms with E-state index in [2.05, 4.69) is 0 Å². The maximum Gasteiger partial charge on any atom is 0.189 e. The average molecular weight is 162 g/mol. The van der Waals surface area contributed by atoms with Crippen molar-refractivity contribution in [3.8, 4) is 0 Å². The van der Waals surface area contributed by atoms with Crippen molar-refractivity contribution in [3.63, 3.8) is 0 Å². The van der Waals surface area contributed by atoms with Gasteiger partial charge < -0.3 is 20.1 Å². The number of ketones is 1. The first kappa shape index (κ1) is 8.61. The minimum absolute atomic E-state index is 0.247. The van der Waals surface area contributed by atoms with Crippen molar-refractivity contribution < 1.29 is 24.9 Å². The second-order valence-electron chi connectivity index (χ2n) is 2.43. The molecule has 1 saturated heterocycles. The van der Waals surface area contributed by atoms with Crippen LogP contribution in [-0.4, -0.2) is 52.6 Å². The van der Waals surface area contributed by atoms with Crippen LogP contribution in [0.25, 0.3) is 0 Å². The molecule has 1 heterocycles. The molecule has 0 aliphatic carbocycles. The highest BCUT2D eigenvalue weighted by Gasteiger charge is 2.36. The van der Waals surface area contributed by atoms with Crippen LogP contribution in [0.15, 0.2) is 0 Å². The highest BCUT2D eigenvalue weighted by Crippen LogP contribution is 2.11. The van der Waals surface area contributed by atoms with Crippen LogP contribution in [0.4, 0.5) is 0 Å². The van der Waals surface area contributed by atoms with Crippen LogP contribution in [0.5, 0.6) is 0 Å². The standard InChI is InChI=1S/C6H10O5/c7-1-4-6(10)5(9)3(8)2-11-4/h4-7,9-10H,1-2H2/t4-,5+,6+/m1/s1. The topological polar surface area (TPSA) is 87.0 Å². The molecule has 0 amide bonds. The summed E-state index contributed by atoms with van der Waals surface area (Å²) in [4.78, 5) is 10.6. The van der Waals surface area contributed by atoms with Gasteiger partial charge in [-0.25, -0.2) is 0 Å². The molecule has 64 valence electrons. The third-order valence-corrected chi connectivity index (χ3v) is 1.65. The molecule has 1 aliphatic heterocycles. The van der Waals surface area contributed by atoms with E-state index in [1.54, 1.807) is 0 Å². The SMILES string of the molecule is O=C1CO[C@H](CO)[C@H](O)[C@H]1O. The minimum atomic E-state index is -1.42. The maximum absolute atomic E-state index is 10.6. The van der Waals surface area contributed by atoms with Crippen LogP contribution in [0.2, 0.25) is 0 Å². The van der Waals surface area contributed by atoms with Crippen molar-refractivity contribution >= 4 is 5.78 Å². The first-order chi connectivity index (χ1) is 5.16. The zero-order chi connectivity index (χ0) is 8.43. The van der Waals surface area contributed by atoms with E-state index in [-0.39, 0.29) is 6.61 Å². The molecule has 0 aromatic carbocycles. The van der Waals surface area contributed by atoms with Gasteiger partial charge in [-0.2, -0.15) is 0 Å². The summed E-state index contributed by atoms with van der Waals surface area (Å²) in [5, 5.41) is 26.6. The number of carbonyl (C=O) groups excluding carboxylic acids is 1. The molecular formula is C6H10O5. The summed E-state index contributed by atoms with van der Waals surface area (Å²) in [5.74, 6) is -0.554. The Bertz CT molecular complexity index is 157. The predicted octanol–water partition coefficient (Wildman–Crippen LogP) is -2.33. The molecule has 3 atom stereocenters. The lowest BCUT2D eigenvalue weighted by atomic mass is 10.0. The lowest BCUT2D eigenvalue weighted by molar-refractivity contribution is -0.170. The Kier molecular flexibility index (Phi) is 2.56. The lowest BCUT2D eigenvalue weighted by Crippen LogP contribution is -2.51. The molecule has 0 radical (unpaired) electrons. The Morgan fingerprint density at radius 3 is 2.73 bits per heavy atom. The average Bonchev–Trinajstić information content (AvgIpc) is 2.01. The number of hydrogen-bond acceptors (Lipinski definition) is 5. The van der Waals surface area contributed by atoms with Crippen LogP contribution in [0.1, 0.15) is 0 Å². The molecule has 5 heteroatoms. The Balaban J connectivity index is 2.59. The summed E-state index contributed by atoms with van der Waals surface area (Å²) < 4.78 is 4.71. The number of hydrogen-bond donors (Lipinski definition) is 3. The number of ether oxygens (including phenoxy) is 1. The van der Waals surface area contributed by atoms with E-state index in [0.29, 0.717) is 0 Å². The van der Waals surface area contributed by atoms with Crippen LogP contribution >= 0.6 is 0 Å². The van der Waals surface area contributed by atoms with Gasteiger partial charge >= 0.3 is 0 Å². The Morgan fingerprint density at radius 2 is 2.18 bits per heavy atom. The molecule has 1 rings (SSSR count). The van der Waals surface area contributed by atoms with Gasteiger partial charge in [-0.1, -0.05) is 0 Å². The molecule has 0 aromatic heterocycles. The highest BCUT2D eigenvalue weighted by atomic mass is 16.5. The van der Waals surface area contributed by atoms with Gasteiger partial charge in [0, 0.05) is 0 Å². The molecule has 1 fully saturated rings. The van der Waals surface area contributed by atoms with E-state index in [0.717, 1.165) is 0 Å². The zero-order valence-electron chi connectivity index (χ0n) is 5.80. The third-order valence-electron chi connectivity index (χ3n) is 1.65. The van der Waals surface area contributed by atoms with Gasteiger partial charge in [-0.15, -0.1) is 0 Å². The fourth-order valence-corrected chi connectivity index (χ4v) is 0.928. The van der Waals surface area contributed by atoms with Crippen LogP contribution < -0.4 is 0 Å². The Labute approximate surface area is 63.2 Å². The van der Waals surface area contributed by atoms with E-state index < -0.39 is 30.7 Å². The number of aliphatic hydroxyl groups excluding tert-OH is 3. The summed E-state index contributed by atoms with van der Waals surface area (Å²) in [6, 6.07) is 0. The second kappa shape index (κ2) is 3.27. The number of Topliss-reactive ketones (excluding diaryl/α,β-unsaturated/α-hetero) is 1. The minimum Gasteiger partial charge on any atom is -0.394 e. The summed E-state index contributed by atoms with van der Waals surface area (Å²) >= 11 is 0. The molecule has 3 N–H and O–H groups in total. The molecule has 0 spiro atoms. The van der Waals surface area contributed by atoms with Crippen LogP contribution in [0.3, 0.4) is 0 Å². The third kappa shape index (κ3) is 1.57. The summed E-state index contributed by atoms with van der Waals surface area (Å²) in [7, 11) is 0. The molecule has 5 nitrogen and oxygen atoms in total. The number of rotatable bonds is 1. The smallest absolute Gasteiger partial charge is 0.189 e. The highest BCUT2D eigenvalue weighted by molar-refractivity contribution is 5.85. The van der Waals surface area contributed by atoms with Gasteiger partial charge in [0.05, 0.1) is 6.61 Å².